The third kappa shape index (κ3) is 8.10. The Hall–Kier alpha value is -5.72. The van der Waals surface area contributed by atoms with Gasteiger partial charge in [0.2, 0.25) is 0 Å². The van der Waals surface area contributed by atoms with Crippen LogP contribution in [-0.4, -0.2) is 5.84 Å². The maximum Gasteiger partial charge on any atom is 0.133 e. The molecule has 5 aromatic carbocycles. The summed E-state index contributed by atoms with van der Waals surface area (Å²) in [6.45, 7) is 0. The number of nitrogens with zero attached hydrogens (tertiary/aromatic N) is 1. The van der Waals surface area contributed by atoms with Crippen LogP contribution in [0.2, 0.25) is 0 Å². The zero-order valence-electron chi connectivity index (χ0n) is 32.0. The van der Waals surface area contributed by atoms with Gasteiger partial charge in [0.05, 0.1) is 16.8 Å². The number of benzene rings is 5. The molecule has 9 rings (SSSR count). The highest BCUT2D eigenvalue weighted by Gasteiger charge is 2.32. The number of nitrogens with one attached hydrogen (secondary N) is 1. The molecule has 5 aromatic rings. The van der Waals surface area contributed by atoms with Crippen molar-refractivity contribution >= 4 is 23.7 Å². The predicted molar refractivity (Wildman–Crippen MR) is 241 cm³/mol. The zero-order valence-corrected chi connectivity index (χ0v) is 32.9. The Morgan fingerprint density at radius 1 is 0.649 bits per heavy atom. The molecule has 1 heterocycles. The summed E-state index contributed by atoms with van der Waals surface area (Å²) < 4.78 is 0. The van der Waals surface area contributed by atoms with E-state index in [4.69, 9.17) is 16.5 Å². The van der Waals surface area contributed by atoms with Crippen LogP contribution >= 0.6 is 11.8 Å². The fourth-order valence-corrected chi connectivity index (χ4v) is 9.45. The predicted octanol–water partition coefficient (Wildman–Crippen LogP) is 12.1. The van der Waals surface area contributed by atoms with Gasteiger partial charge in [0, 0.05) is 23.1 Å². The third-order valence-corrected chi connectivity index (χ3v) is 12.6. The van der Waals surface area contributed by atoms with Crippen LogP contribution in [0.25, 0.3) is 28.3 Å². The van der Waals surface area contributed by atoms with E-state index >= 15 is 0 Å². The number of thioether (sulfide) groups is 1. The van der Waals surface area contributed by atoms with Crippen molar-refractivity contribution in [2.75, 3.05) is 0 Å². The van der Waals surface area contributed by atoms with Crippen molar-refractivity contribution in [1.82, 2.24) is 5.32 Å². The molecule has 282 valence electrons. The van der Waals surface area contributed by atoms with Gasteiger partial charge in [-0.3, -0.25) is 0 Å². The van der Waals surface area contributed by atoms with E-state index in [-0.39, 0.29) is 28.6 Å². The van der Waals surface area contributed by atoms with Crippen LogP contribution in [0.4, 0.5) is 0 Å². The summed E-state index contributed by atoms with van der Waals surface area (Å²) in [6, 6.07) is 43.2. The molecular formula is C52H48N4S. The number of hydrogen-bond acceptors (Lipinski definition) is 5. The standard InChI is InChI=1S/C52H48N4S/c53-50(43-27-15-25-39(31-43)36-18-6-2-7-19-36)57-51(54)47-33-41-23-11-10-22-40(41)32-46(47)44-28-12-13-29-45(44)49-34-48(55-52(56-49)37-20-8-3-9-21-37)42-26-14-24-38(30-42)35-16-4-1-5-17-35/h1-2,4-8,11-21,23-34,44-45,48,50-51H,3,9-10,22,53-54H2,(H,55,56). The molecule has 4 nitrogen and oxygen atoms in total. The molecule has 5 unspecified atom stereocenters. The van der Waals surface area contributed by atoms with Crippen molar-refractivity contribution in [3.63, 3.8) is 0 Å². The topological polar surface area (TPSA) is 76.4 Å². The molecule has 57 heavy (non-hydrogen) atoms. The van der Waals surface area contributed by atoms with Gasteiger partial charge in [-0.15, -0.1) is 11.8 Å². The maximum absolute atomic E-state index is 7.28. The summed E-state index contributed by atoms with van der Waals surface area (Å²) in [4.78, 5) is 5.44. The first-order chi connectivity index (χ1) is 28.1. The first-order valence-electron chi connectivity index (χ1n) is 20.2. The van der Waals surface area contributed by atoms with E-state index in [0.717, 1.165) is 59.5 Å². The lowest BCUT2D eigenvalue weighted by atomic mass is 9.76. The van der Waals surface area contributed by atoms with Crippen molar-refractivity contribution in [3.05, 3.63) is 221 Å². The highest BCUT2D eigenvalue weighted by atomic mass is 32.2. The molecule has 0 aromatic heterocycles. The molecule has 5 atom stereocenters. The normalized spacial score (nSPS) is 20.8. The van der Waals surface area contributed by atoms with Crippen molar-refractivity contribution in [3.8, 4) is 22.3 Å². The van der Waals surface area contributed by atoms with Gasteiger partial charge in [-0.1, -0.05) is 158 Å². The van der Waals surface area contributed by atoms with E-state index < -0.39 is 0 Å². The number of fused-ring (bicyclic) bond motifs is 1. The van der Waals surface area contributed by atoms with E-state index in [9.17, 15) is 0 Å². The van der Waals surface area contributed by atoms with Gasteiger partial charge in [-0.2, -0.15) is 0 Å². The smallest absolute Gasteiger partial charge is 0.133 e. The lowest BCUT2D eigenvalue weighted by Gasteiger charge is -2.33. The minimum Gasteiger partial charge on any atom is -0.359 e. The van der Waals surface area contributed by atoms with Crippen LogP contribution in [0, 0.1) is 5.92 Å². The highest BCUT2D eigenvalue weighted by molar-refractivity contribution is 7.99. The van der Waals surface area contributed by atoms with Gasteiger partial charge >= 0.3 is 0 Å². The van der Waals surface area contributed by atoms with Gasteiger partial charge in [0.25, 0.3) is 0 Å². The summed E-state index contributed by atoms with van der Waals surface area (Å²) >= 11 is 1.61. The second-order valence-corrected chi connectivity index (χ2v) is 16.5. The second kappa shape index (κ2) is 16.8. The minimum absolute atomic E-state index is 0.00411. The van der Waals surface area contributed by atoms with E-state index in [0.29, 0.717) is 0 Å². The van der Waals surface area contributed by atoms with Crippen LogP contribution in [0.15, 0.2) is 192 Å². The summed E-state index contributed by atoms with van der Waals surface area (Å²) in [7, 11) is 0. The Balaban J connectivity index is 1.08. The SMILES string of the molecule is NC(SC(N)c1cc2c(cc1C1C=CC=CC1C1=CC(c3cccc(-c4ccccc4)c3)NC(C3=CCCC=C3)=N1)CCC=C2)c1cccc(-c2ccccc2)c1. The molecule has 3 aliphatic carbocycles. The van der Waals surface area contributed by atoms with Crippen molar-refractivity contribution in [2.24, 2.45) is 22.4 Å². The van der Waals surface area contributed by atoms with Crippen molar-refractivity contribution < 1.29 is 0 Å². The molecule has 0 bridgehead atoms. The Bertz CT molecular complexity index is 2470. The van der Waals surface area contributed by atoms with Crippen molar-refractivity contribution in [2.45, 2.75) is 48.4 Å². The quantitative estimate of drug-likeness (QED) is 0.124. The second-order valence-electron chi connectivity index (χ2n) is 15.2. The maximum atomic E-state index is 7.28. The number of allylic oxidation sites excluding steroid dienone is 7. The van der Waals surface area contributed by atoms with Crippen LogP contribution in [0.5, 0.6) is 0 Å². The molecule has 1 aliphatic heterocycles. The Labute approximate surface area is 341 Å². The Kier molecular flexibility index (Phi) is 10.9. The summed E-state index contributed by atoms with van der Waals surface area (Å²) in [5.41, 5.74) is 28.5. The molecule has 0 saturated heterocycles. The lowest BCUT2D eigenvalue weighted by molar-refractivity contribution is 0.624. The monoisotopic (exact) mass is 760 g/mol. The largest absolute Gasteiger partial charge is 0.359 e. The molecule has 5 N–H and O–H groups in total. The average Bonchev–Trinajstić information content (AvgIpc) is 3.29. The molecule has 0 fully saturated rings. The van der Waals surface area contributed by atoms with E-state index in [1.807, 2.05) is 6.07 Å². The van der Waals surface area contributed by atoms with Crippen molar-refractivity contribution in [1.29, 1.82) is 0 Å². The molecule has 5 heteroatoms. The molecule has 0 saturated carbocycles. The van der Waals surface area contributed by atoms with E-state index in [1.54, 1.807) is 11.8 Å². The lowest BCUT2D eigenvalue weighted by Crippen LogP contribution is -2.33. The Morgan fingerprint density at radius 2 is 1.35 bits per heavy atom. The molecular weight excluding hydrogens is 713 g/mol. The summed E-state index contributed by atoms with van der Waals surface area (Å²) in [5.74, 6) is 0.962. The fraction of sp³-hybridized carbons (Fsp3) is 0.173. The van der Waals surface area contributed by atoms with Gasteiger partial charge in [-0.25, -0.2) is 4.99 Å². The van der Waals surface area contributed by atoms with Gasteiger partial charge in [-0.05, 0) is 106 Å². The molecule has 0 radical (unpaired) electrons. The molecule has 0 spiro atoms. The molecule has 4 aliphatic rings. The fourth-order valence-electron chi connectivity index (χ4n) is 8.48. The minimum atomic E-state index is -0.344. The highest BCUT2D eigenvalue weighted by Crippen LogP contribution is 2.45. The van der Waals surface area contributed by atoms with E-state index in [2.05, 4.69) is 181 Å². The first kappa shape index (κ1) is 36.9. The summed E-state index contributed by atoms with van der Waals surface area (Å²) in [5, 5.41) is 3.18. The van der Waals surface area contributed by atoms with Crippen LogP contribution < -0.4 is 16.8 Å². The number of aryl methyl sites for hydroxylation is 1. The van der Waals surface area contributed by atoms with Crippen LogP contribution in [-0.2, 0) is 6.42 Å². The van der Waals surface area contributed by atoms with Gasteiger partial charge < -0.3 is 16.8 Å². The average molecular weight is 761 g/mol. The number of nitrogens with two attached hydrogens (primary N) is 2. The third-order valence-electron chi connectivity index (χ3n) is 11.5. The molecule has 0 amide bonds. The number of amidine groups is 1. The van der Waals surface area contributed by atoms with Crippen LogP contribution in [0.3, 0.4) is 0 Å². The van der Waals surface area contributed by atoms with Crippen LogP contribution in [0.1, 0.15) is 75.4 Å². The van der Waals surface area contributed by atoms with E-state index in [1.165, 1.54) is 38.9 Å². The zero-order chi connectivity index (χ0) is 38.6. The van der Waals surface area contributed by atoms with Gasteiger partial charge in [0.1, 0.15) is 5.84 Å². The van der Waals surface area contributed by atoms with Gasteiger partial charge in [0.15, 0.2) is 0 Å². The first-order valence-corrected chi connectivity index (χ1v) is 21.1. The number of rotatable bonds is 10. The summed E-state index contributed by atoms with van der Waals surface area (Å²) in [6.07, 6.45) is 26.8. The number of aliphatic imine (C=N–C) groups is 1. The number of hydrogen-bond donors (Lipinski definition) is 3. The Morgan fingerprint density at radius 3 is 2.11 bits per heavy atom.